The first-order valence-electron chi connectivity index (χ1n) is 9.09. The van der Waals surface area contributed by atoms with Crippen LogP contribution in [0.25, 0.3) is 11.1 Å². The number of rotatable bonds is 4. The molecule has 2 aromatic carbocycles. The lowest BCUT2D eigenvalue weighted by Crippen LogP contribution is -2.38. The summed E-state index contributed by atoms with van der Waals surface area (Å²) in [6.45, 7) is -0.231. The summed E-state index contributed by atoms with van der Waals surface area (Å²) in [4.78, 5) is 38.3. The van der Waals surface area contributed by atoms with Gasteiger partial charge in [-0.25, -0.2) is 0 Å². The molecule has 1 saturated heterocycles. The largest absolute Gasteiger partial charge is 0.325 e. The first-order chi connectivity index (χ1) is 13.1. The summed E-state index contributed by atoms with van der Waals surface area (Å²) in [5, 5.41) is 2.77. The fraction of sp³-hybridized carbons (Fsp3) is 0.227. The molecule has 0 radical (unpaired) electrons. The van der Waals surface area contributed by atoms with E-state index in [9.17, 15) is 14.4 Å². The predicted molar refractivity (Wildman–Crippen MR) is 103 cm³/mol. The van der Waals surface area contributed by atoms with Crippen LogP contribution < -0.4 is 5.32 Å². The van der Waals surface area contributed by atoms with Gasteiger partial charge in [0.1, 0.15) is 6.54 Å². The Balaban J connectivity index is 1.40. The lowest BCUT2D eigenvalue weighted by molar-refractivity contribution is -0.142. The van der Waals surface area contributed by atoms with Crippen molar-refractivity contribution in [3.05, 3.63) is 66.7 Å². The minimum atomic E-state index is -0.365. The third-order valence-corrected chi connectivity index (χ3v) is 5.18. The number of carbonyl (C=O) groups excluding carboxylic acids is 3. The summed E-state index contributed by atoms with van der Waals surface area (Å²) >= 11 is 0. The van der Waals surface area contributed by atoms with Crippen molar-refractivity contribution >= 4 is 23.4 Å². The number of fused-ring (bicyclic) bond motifs is 1. The molecule has 5 heteroatoms. The van der Waals surface area contributed by atoms with Crippen LogP contribution in [0.5, 0.6) is 0 Å². The van der Waals surface area contributed by atoms with Crippen molar-refractivity contribution in [3.63, 3.8) is 0 Å². The minimum absolute atomic E-state index is 0.231. The molecule has 136 valence electrons. The van der Waals surface area contributed by atoms with E-state index in [1.165, 1.54) is 0 Å². The summed E-state index contributed by atoms with van der Waals surface area (Å²) in [6.07, 6.45) is 5.02. The molecule has 1 heterocycles. The molecule has 2 unspecified atom stereocenters. The molecular weight excluding hydrogens is 340 g/mol. The van der Waals surface area contributed by atoms with E-state index >= 15 is 0 Å². The molecule has 27 heavy (non-hydrogen) atoms. The molecule has 1 aliphatic heterocycles. The molecule has 1 N–H and O–H groups in total. The Morgan fingerprint density at radius 1 is 0.852 bits per heavy atom. The minimum Gasteiger partial charge on any atom is -0.325 e. The maximum Gasteiger partial charge on any atom is 0.244 e. The molecule has 2 aromatic rings. The summed E-state index contributed by atoms with van der Waals surface area (Å²) in [7, 11) is 0. The van der Waals surface area contributed by atoms with Crippen LogP contribution in [0, 0.1) is 11.8 Å². The highest BCUT2D eigenvalue weighted by molar-refractivity contribution is 6.08. The highest BCUT2D eigenvalue weighted by atomic mass is 16.2. The Morgan fingerprint density at radius 2 is 1.41 bits per heavy atom. The molecule has 4 rings (SSSR count). The third-order valence-electron chi connectivity index (χ3n) is 5.18. The standard InChI is InChI=1S/C22H20N2O3/c25-20(14-24-21(26)18-8-4-5-9-19(18)22(24)27)23-17-12-10-16(11-13-17)15-6-2-1-3-7-15/h1-7,10-13,18-19H,8-9,14H2,(H,23,25). The molecule has 2 aliphatic rings. The van der Waals surface area contributed by atoms with Gasteiger partial charge in [0.05, 0.1) is 11.8 Å². The van der Waals surface area contributed by atoms with Crippen molar-refractivity contribution in [2.45, 2.75) is 12.8 Å². The summed E-state index contributed by atoms with van der Waals surface area (Å²) in [6, 6.07) is 17.4. The number of anilines is 1. The number of hydrogen-bond donors (Lipinski definition) is 1. The second-order valence-electron chi connectivity index (χ2n) is 6.91. The van der Waals surface area contributed by atoms with Crippen LogP contribution in [-0.2, 0) is 14.4 Å². The number of benzene rings is 2. The van der Waals surface area contributed by atoms with Crippen LogP contribution >= 0.6 is 0 Å². The molecule has 1 aliphatic carbocycles. The van der Waals surface area contributed by atoms with Gasteiger partial charge in [0.2, 0.25) is 17.7 Å². The topological polar surface area (TPSA) is 66.5 Å². The molecule has 1 fully saturated rings. The summed E-state index contributed by atoms with van der Waals surface area (Å²) < 4.78 is 0. The van der Waals surface area contributed by atoms with E-state index in [0.717, 1.165) is 16.0 Å². The Bertz CT molecular complexity index is 877. The van der Waals surface area contributed by atoms with Gasteiger partial charge in [-0.15, -0.1) is 0 Å². The SMILES string of the molecule is O=C(CN1C(=O)C2CC=CCC2C1=O)Nc1ccc(-c2ccccc2)cc1. The zero-order valence-electron chi connectivity index (χ0n) is 14.8. The van der Waals surface area contributed by atoms with Crippen LogP contribution in [0.15, 0.2) is 66.7 Å². The first kappa shape index (κ1) is 17.2. The second kappa shape index (κ2) is 7.19. The average Bonchev–Trinajstić information content (AvgIpc) is 2.94. The van der Waals surface area contributed by atoms with Crippen LogP contribution in [0.1, 0.15) is 12.8 Å². The van der Waals surface area contributed by atoms with Crippen LogP contribution in [0.2, 0.25) is 0 Å². The van der Waals surface area contributed by atoms with E-state index in [4.69, 9.17) is 0 Å². The van der Waals surface area contributed by atoms with Gasteiger partial charge in [-0.1, -0.05) is 54.6 Å². The Kier molecular flexibility index (Phi) is 4.59. The monoisotopic (exact) mass is 360 g/mol. The lowest BCUT2D eigenvalue weighted by atomic mass is 9.85. The molecule has 5 nitrogen and oxygen atoms in total. The quantitative estimate of drug-likeness (QED) is 0.672. The molecule has 0 aromatic heterocycles. The van der Waals surface area contributed by atoms with Crippen molar-refractivity contribution < 1.29 is 14.4 Å². The molecule has 3 amide bonds. The Morgan fingerprint density at radius 3 is 2.00 bits per heavy atom. The van der Waals surface area contributed by atoms with E-state index in [2.05, 4.69) is 5.32 Å². The van der Waals surface area contributed by atoms with Crippen molar-refractivity contribution in [2.75, 3.05) is 11.9 Å². The smallest absolute Gasteiger partial charge is 0.244 e. The van der Waals surface area contributed by atoms with Gasteiger partial charge < -0.3 is 5.32 Å². The van der Waals surface area contributed by atoms with Gasteiger partial charge >= 0.3 is 0 Å². The highest BCUT2D eigenvalue weighted by Crippen LogP contribution is 2.34. The normalized spacial score (nSPS) is 21.3. The van der Waals surface area contributed by atoms with Crippen molar-refractivity contribution in [1.82, 2.24) is 4.90 Å². The van der Waals surface area contributed by atoms with E-state index in [-0.39, 0.29) is 36.1 Å². The van der Waals surface area contributed by atoms with Gasteiger partial charge in [-0.3, -0.25) is 19.3 Å². The number of hydrogen-bond acceptors (Lipinski definition) is 3. The average molecular weight is 360 g/mol. The third kappa shape index (κ3) is 3.40. The number of nitrogens with zero attached hydrogens (tertiary/aromatic N) is 1. The zero-order chi connectivity index (χ0) is 18.8. The Hall–Kier alpha value is -3.21. The van der Waals surface area contributed by atoms with E-state index in [1.807, 2.05) is 66.7 Å². The fourth-order valence-electron chi connectivity index (χ4n) is 3.75. The van der Waals surface area contributed by atoms with Crippen LogP contribution in [-0.4, -0.2) is 29.2 Å². The maximum absolute atomic E-state index is 12.4. The summed E-state index contributed by atoms with van der Waals surface area (Å²) in [5.41, 5.74) is 2.78. The number of amides is 3. The molecule has 0 saturated carbocycles. The maximum atomic E-state index is 12.4. The van der Waals surface area contributed by atoms with Crippen molar-refractivity contribution in [2.24, 2.45) is 11.8 Å². The molecule has 0 spiro atoms. The van der Waals surface area contributed by atoms with Crippen LogP contribution in [0.3, 0.4) is 0 Å². The van der Waals surface area contributed by atoms with Gasteiger partial charge in [0.15, 0.2) is 0 Å². The van der Waals surface area contributed by atoms with E-state index in [0.29, 0.717) is 18.5 Å². The molecule has 2 atom stereocenters. The van der Waals surface area contributed by atoms with Crippen molar-refractivity contribution in [1.29, 1.82) is 0 Å². The van der Waals surface area contributed by atoms with Crippen LogP contribution in [0.4, 0.5) is 5.69 Å². The second-order valence-corrected chi connectivity index (χ2v) is 6.91. The van der Waals surface area contributed by atoms with Gasteiger partial charge in [0.25, 0.3) is 0 Å². The van der Waals surface area contributed by atoms with Gasteiger partial charge in [0, 0.05) is 5.69 Å². The lowest BCUT2D eigenvalue weighted by Gasteiger charge is -2.14. The van der Waals surface area contributed by atoms with E-state index in [1.54, 1.807) is 0 Å². The number of carbonyl (C=O) groups is 3. The number of imide groups is 1. The van der Waals surface area contributed by atoms with Crippen molar-refractivity contribution in [3.8, 4) is 11.1 Å². The predicted octanol–water partition coefficient (Wildman–Crippen LogP) is 3.24. The molecular formula is C22H20N2O3. The fourth-order valence-corrected chi connectivity index (χ4v) is 3.75. The number of likely N-dealkylation sites (tertiary alicyclic amines) is 1. The van der Waals surface area contributed by atoms with E-state index < -0.39 is 0 Å². The highest BCUT2D eigenvalue weighted by Gasteiger charge is 2.47. The zero-order valence-corrected chi connectivity index (χ0v) is 14.8. The number of nitrogens with one attached hydrogen (secondary N) is 1. The van der Waals surface area contributed by atoms with Gasteiger partial charge in [-0.2, -0.15) is 0 Å². The first-order valence-corrected chi connectivity index (χ1v) is 9.09. The molecule has 0 bridgehead atoms. The number of allylic oxidation sites excluding steroid dienone is 2. The summed E-state index contributed by atoms with van der Waals surface area (Å²) in [5.74, 6) is -1.44. The van der Waals surface area contributed by atoms with Gasteiger partial charge in [-0.05, 0) is 36.1 Å². The Labute approximate surface area is 157 Å².